The molecule has 2 saturated carbocycles. The quantitative estimate of drug-likeness (QED) is 0.690. The highest BCUT2D eigenvalue weighted by molar-refractivity contribution is 4.94. The summed E-state index contributed by atoms with van der Waals surface area (Å²) < 4.78 is 0. The van der Waals surface area contributed by atoms with Gasteiger partial charge in [-0.1, -0.05) is 13.3 Å². The van der Waals surface area contributed by atoms with Crippen LogP contribution >= 0.6 is 0 Å². The summed E-state index contributed by atoms with van der Waals surface area (Å²) in [4.78, 5) is 0. The predicted octanol–water partition coefficient (Wildman–Crippen LogP) is 2.81. The van der Waals surface area contributed by atoms with Crippen molar-refractivity contribution in [3.8, 4) is 0 Å². The van der Waals surface area contributed by atoms with Crippen molar-refractivity contribution in [2.75, 3.05) is 13.6 Å². The first-order chi connectivity index (χ1) is 6.24. The van der Waals surface area contributed by atoms with E-state index in [0.29, 0.717) is 0 Å². The van der Waals surface area contributed by atoms with E-state index in [0.717, 1.165) is 17.3 Å². The van der Waals surface area contributed by atoms with Crippen LogP contribution in [0, 0.1) is 17.3 Å². The molecule has 2 fully saturated rings. The lowest BCUT2D eigenvalue weighted by Gasteiger charge is -2.23. The van der Waals surface area contributed by atoms with Crippen LogP contribution in [0.25, 0.3) is 0 Å². The Labute approximate surface area is 82.3 Å². The molecule has 0 aliphatic heterocycles. The normalized spacial score (nSPS) is 44.8. The van der Waals surface area contributed by atoms with Crippen molar-refractivity contribution in [1.82, 2.24) is 5.32 Å². The van der Waals surface area contributed by atoms with Crippen LogP contribution in [0.3, 0.4) is 0 Å². The molecular weight excluding hydrogens is 158 g/mol. The molecule has 0 radical (unpaired) electrons. The Hall–Kier alpha value is -0.0400. The van der Waals surface area contributed by atoms with Crippen molar-refractivity contribution in [3.63, 3.8) is 0 Å². The molecule has 1 nitrogen and oxygen atoms in total. The molecule has 0 amide bonds. The van der Waals surface area contributed by atoms with E-state index >= 15 is 0 Å². The first-order valence-electron chi connectivity index (χ1n) is 5.89. The second-order valence-electron chi connectivity index (χ2n) is 5.51. The molecule has 0 saturated heterocycles. The van der Waals surface area contributed by atoms with Crippen molar-refractivity contribution in [1.29, 1.82) is 0 Å². The molecule has 1 spiro atoms. The smallest absolute Gasteiger partial charge is 0.00233 e. The summed E-state index contributed by atoms with van der Waals surface area (Å²) in [5, 5.41) is 3.33. The summed E-state index contributed by atoms with van der Waals surface area (Å²) >= 11 is 0. The minimum absolute atomic E-state index is 0.793. The van der Waals surface area contributed by atoms with Gasteiger partial charge in [0, 0.05) is 0 Å². The summed E-state index contributed by atoms with van der Waals surface area (Å²) in [5.41, 5.74) is 0.793. The van der Waals surface area contributed by atoms with Crippen molar-refractivity contribution in [2.45, 2.75) is 45.4 Å². The first kappa shape index (κ1) is 9.51. The van der Waals surface area contributed by atoms with Gasteiger partial charge in [0.2, 0.25) is 0 Å². The zero-order valence-corrected chi connectivity index (χ0v) is 9.10. The summed E-state index contributed by atoms with van der Waals surface area (Å²) in [7, 11) is 2.09. The third-order valence-corrected chi connectivity index (χ3v) is 4.25. The average Bonchev–Trinajstić information content (AvgIpc) is 2.62. The Morgan fingerprint density at radius 2 is 2.00 bits per heavy atom. The molecule has 0 aromatic carbocycles. The van der Waals surface area contributed by atoms with Crippen molar-refractivity contribution in [3.05, 3.63) is 0 Å². The minimum atomic E-state index is 0.793. The van der Waals surface area contributed by atoms with Gasteiger partial charge in [-0.2, -0.15) is 0 Å². The van der Waals surface area contributed by atoms with Gasteiger partial charge < -0.3 is 5.32 Å². The van der Waals surface area contributed by atoms with Crippen LogP contribution in [-0.4, -0.2) is 13.6 Å². The Balaban J connectivity index is 1.89. The summed E-state index contributed by atoms with van der Waals surface area (Å²) in [6.07, 6.45) is 9.04. The molecule has 0 aromatic rings. The Morgan fingerprint density at radius 1 is 1.23 bits per heavy atom. The van der Waals surface area contributed by atoms with Gasteiger partial charge in [0.15, 0.2) is 0 Å². The largest absolute Gasteiger partial charge is 0.319 e. The average molecular weight is 181 g/mol. The van der Waals surface area contributed by atoms with Crippen LogP contribution in [0.2, 0.25) is 0 Å². The predicted molar refractivity (Wildman–Crippen MR) is 56.7 cm³/mol. The van der Waals surface area contributed by atoms with E-state index in [1.54, 1.807) is 0 Å². The van der Waals surface area contributed by atoms with Crippen molar-refractivity contribution in [2.24, 2.45) is 17.3 Å². The van der Waals surface area contributed by atoms with Gasteiger partial charge in [-0.05, 0) is 62.9 Å². The molecular formula is C12H23N. The maximum Gasteiger partial charge on any atom is -0.00233 e. The van der Waals surface area contributed by atoms with Crippen LogP contribution < -0.4 is 5.32 Å². The molecule has 1 N–H and O–H groups in total. The van der Waals surface area contributed by atoms with E-state index in [4.69, 9.17) is 0 Å². The van der Waals surface area contributed by atoms with Gasteiger partial charge in [-0.3, -0.25) is 0 Å². The van der Waals surface area contributed by atoms with Crippen LogP contribution in [0.4, 0.5) is 0 Å². The SMILES string of the molecule is CNCC1CCC2(CCC(C)C2)C1. The van der Waals surface area contributed by atoms with Gasteiger partial charge >= 0.3 is 0 Å². The fourth-order valence-corrected chi connectivity index (χ4v) is 3.70. The molecule has 3 atom stereocenters. The lowest BCUT2D eigenvalue weighted by Crippen LogP contribution is -2.19. The van der Waals surface area contributed by atoms with Crippen LogP contribution in [0.15, 0.2) is 0 Å². The maximum atomic E-state index is 3.33. The maximum absolute atomic E-state index is 3.33. The van der Waals surface area contributed by atoms with E-state index in [9.17, 15) is 0 Å². The highest BCUT2D eigenvalue weighted by atomic mass is 14.8. The number of rotatable bonds is 2. The van der Waals surface area contributed by atoms with Crippen molar-refractivity contribution < 1.29 is 0 Å². The fourth-order valence-electron chi connectivity index (χ4n) is 3.70. The van der Waals surface area contributed by atoms with Crippen LogP contribution in [-0.2, 0) is 0 Å². The van der Waals surface area contributed by atoms with Gasteiger partial charge in [0.1, 0.15) is 0 Å². The van der Waals surface area contributed by atoms with Gasteiger partial charge in [0.25, 0.3) is 0 Å². The first-order valence-corrected chi connectivity index (χ1v) is 5.89. The van der Waals surface area contributed by atoms with Crippen LogP contribution in [0.5, 0.6) is 0 Å². The number of nitrogens with one attached hydrogen (secondary N) is 1. The second kappa shape index (κ2) is 3.61. The molecule has 2 rings (SSSR count). The van der Waals surface area contributed by atoms with E-state index in [1.165, 1.54) is 45.1 Å². The second-order valence-corrected chi connectivity index (χ2v) is 5.51. The van der Waals surface area contributed by atoms with Crippen molar-refractivity contribution >= 4 is 0 Å². The molecule has 76 valence electrons. The zero-order valence-electron chi connectivity index (χ0n) is 9.10. The summed E-state index contributed by atoms with van der Waals surface area (Å²) in [6, 6.07) is 0. The third kappa shape index (κ3) is 1.90. The Bertz CT molecular complexity index is 178. The van der Waals surface area contributed by atoms with Gasteiger partial charge in [-0.15, -0.1) is 0 Å². The van der Waals surface area contributed by atoms with E-state index in [1.807, 2.05) is 0 Å². The molecule has 1 heteroatoms. The van der Waals surface area contributed by atoms with E-state index in [2.05, 4.69) is 19.3 Å². The standard InChI is InChI=1S/C12H23N/c1-10-3-5-12(7-10)6-4-11(8-12)9-13-2/h10-11,13H,3-9H2,1-2H3. The molecule has 2 aliphatic rings. The molecule has 0 heterocycles. The van der Waals surface area contributed by atoms with Crippen LogP contribution in [0.1, 0.15) is 45.4 Å². The number of hydrogen-bond acceptors (Lipinski definition) is 1. The summed E-state index contributed by atoms with van der Waals surface area (Å²) in [6.45, 7) is 3.68. The minimum Gasteiger partial charge on any atom is -0.319 e. The van der Waals surface area contributed by atoms with Gasteiger partial charge in [0.05, 0.1) is 0 Å². The third-order valence-electron chi connectivity index (χ3n) is 4.25. The van der Waals surface area contributed by atoms with E-state index in [-0.39, 0.29) is 0 Å². The zero-order chi connectivity index (χ0) is 9.31. The Morgan fingerprint density at radius 3 is 2.62 bits per heavy atom. The highest BCUT2D eigenvalue weighted by Crippen LogP contribution is 2.54. The highest BCUT2D eigenvalue weighted by Gasteiger charge is 2.42. The summed E-state index contributed by atoms with van der Waals surface area (Å²) in [5.74, 6) is 1.99. The van der Waals surface area contributed by atoms with E-state index < -0.39 is 0 Å². The molecule has 3 unspecified atom stereocenters. The lowest BCUT2D eigenvalue weighted by atomic mass is 9.83. The molecule has 0 bridgehead atoms. The fraction of sp³-hybridized carbons (Fsp3) is 1.00. The topological polar surface area (TPSA) is 12.0 Å². The molecule has 13 heavy (non-hydrogen) atoms. The molecule has 0 aromatic heterocycles. The lowest BCUT2D eigenvalue weighted by molar-refractivity contribution is 0.283. The Kier molecular flexibility index (Phi) is 2.64. The monoisotopic (exact) mass is 181 g/mol. The molecule has 2 aliphatic carbocycles. The van der Waals surface area contributed by atoms with Gasteiger partial charge in [-0.25, -0.2) is 0 Å². The number of hydrogen-bond donors (Lipinski definition) is 1.